The van der Waals surface area contributed by atoms with Gasteiger partial charge in [0, 0.05) is 63.6 Å². The number of carbonyl (C=O) groups excluding carboxylic acids is 1. The Kier molecular flexibility index (Phi) is 9.04. The van der Waals surface area contributed by atoms with E-state index < -0.39 is 0 Å². The van der Waals surface area contributed by atoms with Crippen molar-refractivity contribution in [3.63, 3.8) is 0 Å². The summed E-state index contributed by atoms with van der Waals surface area (Å²) in [6.07, 6.45) is 0. The molecule has 8 heteroatoms. The van der Waals surface area contributed by atoms with Crippen molar-refractivity contribution in [2.24, 2.45) is 5.16 Å². The van der Waals surface area contributed by atoms with Gasteiger partial charge in [0.2, 0.25) is 0 Å². The van der Waals surface area contributed by atoms with E-state index in [0.29, 0.717) is 5.69 Å². The van der Waals surface area contributed by atoms with Gasteiger partial charge in [-0.15, -0.1) is 11.3 Å². The topological polar surface area (TPSA) is 54.8 Å². The van der Waals surface area contributed by atoms with E-state index in [1.54, 1.807) is 5.38 Å². The number of rotatable bonds is 4. The van der Waals surface area contributed by atoms with Crippen LogP contribution in [0.1, 0.15) is 12.6 Å². The van der Waals surface area contributed by atoms with Crippen LogP contribution in [0.2, 0.25) is 0 Å². The van der Waals surface area contributed by atoms with E-state index in [4.69, 9.17) is 0 Å². The summed E-state index contributed by atoms with van der Waals surface area (Å²) in [4.78, 5) is 22.0. The predicted octanol–water partition coefficient (Wildman–Crippen LogP) is 2.92. The molecule has 17 heavy (non-hydrogen) atoms. The number of halogens is 2. The summed E-state index contributed by atoms with van der Waals surface area (Å²) in [5.41, 5.74) is 0.805. The molecule has 96 valence electrons. The summed E-state index contributed by atoms with van der Waals surface area (Å²) < 4.78 is 0. The van der Waals surface area contributed by atoms with Crippen molar-refractivity contribution in [1.82, 2.24) is 4.98 Å². The molecular weight excluding hydrogens is 468 g/mol. The normalized spacial score (nSPS) is 10.4. The number of anilines is 1. The van der Waals surface area contributed by atoms with Crippen LogP contribution in [0, 0.1) is 0 Å². The van der Waals surface area contributed by atoms with Crippen molar-refractivity contribution in [3.8, 4) is 0 Å². The first-order valence-electron chi connectivity index (χ1n) is 4.46. The maximum Gasteiger partial charge on any atom is 0.185 e. The van der Waals surface area contributed by atoms with Crippen molar-refractivity contribution in [2.45, 2.75) is 6.92 Å². The molecule has 0 amide bonds. The summed E-state index contributed by atoms with van der Waals surface area (Å²) >= 11 is 5.70. The fraction of sp³-hybridized carbons (Fsp3) is 0.444. The molecule has 0 unspecified atom stereocenters. The number of hydrogen-bond acceptors (Lipinski definition) is 6. The Hall–Kier alpha value is 0.0300. The van der Waals surface area contributed by atoms with E-state index in [0.717, 1.165) is 5.13 Å². The van der Waals surface area contributed by atoms with Crippen molar-refractivity contribution < 1.29 is 9.63 Å². The fourth-order valence-electron chi connectivity index (χ4n) is 0.961. The molecule has 0 saturated heterocycles. The standard InChI is InChI=1S/C9H13N3O2S.I2/c1-6(13)8(11-14-4)7-5-15-9(10-7)12(2)3;1-2/h5H,1-4H3;/b11-8+;. The van der Waals surface area contributed by atoms with Crippen LogP contribution in [0.25, 0.3) is 0 Å². The van der Waals surface area contributed by atoms with Gasteiger partial charge in [0.25, 0.3) is 0 Å². The van der Waals surface area contributed by atoms with Crippen LogP contribution >= 0.6 is 48.6 Å². The molecule has 0 aliphatic rings. The van der Waals surface area contributed by atoms with Crippen LogP contribution in [0.4, 0.5) is 5.13 Å². The Morgan fingerprint density at radius 2 is 2.12 bits per heavy atom. The Balaban J connectivity index is 0.00000121. The van der Waals surface area contributed by atoms with Gasteiger partial charge in [-0.1, -0.05) is 5.16 Å². The molecule has 0 bridgehead atoms. The van der Waals surface area contributed by atoms with Crippen molar-refractivity contribution in [3.05, 3.63) is 11.1 Å². The molecule has 1 aromatic rings. The van der Waals surface area contributed by atoms with E-state index in [1.165, 1.54) is 25.4 Å². The van der Waals surface area contributed by atoms with Crippen LogP contribution in [0.5, 0.6) is 0 Å². The highest BCUT2D eigenvalue weighted by Gasteiger charge is 2.14. The van der Waals surface area contributed by atoms with Crippen molar-refractivity contribution >= 4 is 65.2 Å². The molecule has 0 saturated carbocycles. The lowest BCUT2D eigenvalue weighted by Crippen LogP contribution is -2.14. The first-order chi connectivity index (χ1) is 8.06. The average Bonchev–Trinajstić information content (AvgIpc) is 2.77. The number of aromatic nitrogens is 1. The second-order valence-corrected chi connectivity index (χ2v) is 3.92. The van der Waals surface area contributed by atoms with Gasteiger partial charge in [-0.3, -0.25) is 4.79 Å². The minimum atomic E-state index is -0.160. The Labute approximate surface area is 128 Å². The van der Waals surface area contributed by atoms with E-state index in [-0.39, 0.29) is 11.5 Å². The summed E-state index contributed by atoms with van der Waals surface area (Å²) in [6.45, 7) is 1.44. The number of ketones is 1. The molecule has 0 spiro atoms. The second-order valence-electron chi connectivity index (χ2n) is 3.09. The third-order valence-corrected chi connectivity index (χ3v) is 2.64. The van der Waals surface area contributed by atoms with Crippen LogP contribution in [0.15, 0.2) is 10.5 Å². The Morgan fingerprint density at radius 3 is 2.47 bits per heavy atom. The maximum absolute atomic E-state index is 11.3. The average molecular weight is 481 g/mol. The first kappa shape index (κ1) is 17.0. The highest BCUT2D eigenvalue weighted by Crippen LogP contribution is 2.18. The number of hydrogen-bond donors (Lipinski definition) is 0. The molecule has 0 N–H and O–H groups in total. The first-order valence-corrected chi connectivity index (χ1v) is 11.6. The Bertz CT molecular complexity index is 393. The molecule has 0 aromatic carbocycles. The van der Waals surface area contributed by atoms with E-state index in [2.05, 4.69) is 52.2 Å². The summed E-state index contributed by atoms with van der Waals surface area (Å²) in [7, 11) is 5.19. The van der Waals surface area contributed by atoms with Crippen LogP contribution in [0.3, 0.4) is 0 Å². The van der Waals surface area contributed by atoms with Gasteiger partial charge in [0.1, 0.15) is 12.8 Å². The predicted molar refractivity (Wildman–Crippen MR) is 88.7 cm³/mol. The summed E-state index contributed by atoms with van der Waals surface area (Å²) in [5.74, 6) is -0.160. The molecular formula is C9H13I2N3O2S. The van der Waals surface area contributed by atoms with Gasteiger partial charge in [-0.2, -0.15) is 0 Å². The molecule has 1 heterocycles. The van der Waals surface area contributed by atoms with E-state index in [9.17, 15) is 4.79 Å². The van der Waals surface area contributed by atoms with Crippen molar-refractivity contribution in [2.75, 3.05) is 26.1 Å². The zero-order valence-electron chi connectivity index (χ0n) is 9.90. The van der Waals surface area contributed by atoms with Gasteiger partial charge >= 0.3 is 0 Å². The molecule has 1 rings (SSSR count). The van der Waals surface area contributed by atoms with Gasteiger partial charge in [0.05, 0.1) is 0 Å². The molecule has 0 atom stereocenters. The van der Waals surface area contributed by atoms with Crippen molar-refractivity contribution in [1.29, 1.82) is 0 Å². The second kappa shape index (κ2) is 9.03. The zero-order valence-corrected chi connectivity index (χ0v) is 15.0. The number of oxime groups is 1. The minimum absolute atomic E-state index is 0.160. The largest absolute Gasteiger partial charge is 0.398 e. The highest BCUT2D eigenvalue weighted by molar-refractivity contribution is 15.0. The number of Topliss-reactive ketones (excluding diaryl/α,β-unsaturated/α-hetero) is 1. The molecule has 0 fully saturated rings. The smallest absolute Gasteiger partial charge is 0.185 e. The molecule has 0 radical (unpaired) electrons. The molecule has 5 nitrogen and oxygen atoms in total. The molecule has 1 aromatic heterocycles. The van der Waals surface area contributed by atoms with Crippen LogP contribution < -0.4 is 4.90 Å². The van der Waals surface area contributed by atoms with Gasteiger partial charge in [0.15, 0.2) is 16.6 Å². The van der Waals surface area contributed by atoms with Gasteiger partial charge < -0.3 is 9.74 Å². The highest BCUT2D eigenvalue weighted by atomic mass is 128. The lowest BCUT2D eigenvalue weighted by atomic mass is 10.2. The fourth-order valence-corrected chi connectivity index (χ4v) is 1.70. The molecule has 0 aliphatic carbocycles. The lowest BCUT2D eigenvalue weighted by molar-refractivity contribution is -0.111. The summed E-state index contributed by atoms with van der Waals surface area (Å²) in [6, 6.07) is 0. The third-order valence-electron chi connectivity index (χ3n) is 1.63. The zero-order chi connectivity index (χ0) is 13.4. The van der Waals surface area contributed by atoms with Gasteiger partial charge in [-0.25, -0.2) is 4.98 Å². The third kappa shape index (κ3) is 5.46. The van der Waals surface area contributed by atoms with E-state index >= 15 is 0 Å². The van der Waals surface area contributed by atoms with Crippen LogP contribution in [-0.4, -0.2) is 37.7 Å². The lowest BCUT2D eigenvalue weighted by Gasteiger charge is -2.05. The van der Waals surface area contributed by atoms with Gasteiger partial charge in [-0.05, 0) is 0 Å². The monoisotopic (exact) mass is 481 g/mol. The quantitative estimate of drug-likeness (QED) is 0.378. The van der Waals surface area contributed by atoms with E-state index in [1.807, 2.05) is 19.0 Å². The molecule has 0 aliphatic heterocycles. The number of nitrogens with zero attached hydrogens (tertiary/aromatic N) is 3. The number of carbonyl (C=O) groups is 1. The minimum Gasteiger partial charge on any atom is -0.398 e. The SMILES string of the molecule is CO/N=C(\C(C)=O)c1csc(N(C)C)n1.II. The Morgan fingerprint density at radius 1 is 1.53 bits per heavy atom. The number of thiazole rings is 1. The summed E-state index contributed by atoms with van der Waals surface area (Å²) in [5, 5.41) is 6.27. The maximum atomic E-state index is 11.3. The van der Waals surface area contributed by atoms with Crippen LogP contribution in [-0.2, 0) is 9.63 Å².